The van der Waals surface area contributed by atoms with Gasteiger partial charge in [-0.1, -0.05) is 74.5 Å². The van der Waals surface area contributed by atoms with Crippen LogP contribution in [0.25, 0.3) is 22.6 Å². The molecular formula is C20H21NO. The SMILES string of the molecule is CCC(CC)c1nc(-c2ccccc2)c(-c2ccccc2)o1. The lowest BCUT2D eigenvalue weighted by atomic mass is 10.0. The summed E-state index contributed by atoms with van der Waals surface area (Å²) in [5.74, 6) is 2.09. The molecule has 1 heterocycles. The Labute approximate surface area is 131 Å². The zero-order chi connectivity index (χ0) is 15.4. The molecule has 0 fully saturated rings. The Bertz CT molecular complexity index is 655. The van der Waals surface area contributed by atoms with Gasteiger partial charge in [-0.25, -0.2) is 4.98 Å². The van der Waals surface area contributed by atoms with E-state index in [-0.39, 0.29) is 0 Å². The Morgan fingerprint density at radius 1 is 0.818 bits per heavy atom. The summed E-state index contributed by atoms with van der Waals surface area (Å²) in [6, 6.07) is 20.5. The van der Waals surface area contributed by atoms with Crippen LogP contribution in [0.1, 0.15) is 38.5 Å². The van der Waals surface area contributed by atoms with E-state index >= 15 is 0 Å². The smallest absolute Gasteiger partial charge is 0.198 e. The van der Waals surface area contributed by atoms with E-state index in [4.69, 9.17) is 9.40 Å². The van der Waals surface area contributed by atoms with E-state index in [1.165, 1.54) is 0 Å². The van der Waals surface area contributed by atoms with Crippen LogP contribution in [-0.4, -0.2) is 4.98 Å². The highest BCUT2D eigenvalue weighted by atomic mass is 16.4. The van der Waals surface area contributed by atoms with Gasteiger partial charge >= 0.3 is 0 Å². The molecule has 0 unspecified atom stereocenters. The average Bonchev–Trinajstić information content (AvgIpc) is 3.03. The highest BCUT2D eigenvalue weighted by molar-refractivity contribution is 5.76. The molecule has 0 aliphatic heterocycles. The molecule has 2 aromatic carbocycles. The monoisotopic (exact) mass is 291 g/mol. The van der Waals surface area contributed by atoms with E-state index in [0.717, 1.165) is 41.3 Å². The Hall–Kier alpha value is -2.35. The largest absolute Gasteiger partial charge is 0.440 e. The number of aromatic nitrogens is 1. The Morgan fingerprint density at radius 2 is 1.36 bits per heavy atom. The number of hydrogen-bond acceptors (Lipinski definition) is 2. The van der Waals surface area contributed by atoms with Crippen molar-refractivity contribution >= 4 is 0 Å². The zero-order valence-electron chi connectivity index (χ0n) is 13.1. The fourth-order valence-electron chi connectivity index (χ4n) is 2.73. The van der Waals surface area contributed by atoms with E-state index in [9.17, 15) is 0 Å². The maximum atomic E-state index is 6.19. The Kier molecular flexibility index (Phi) is 4.38. The average molecular weight is 291 g/mol. The third-order valence-electron chi connectivity index (χ3n) is 4.06. The minimum Gasteiger partial charge on any atom is -0.440 e. The molecule has 0 amide bonds. The molecule has 0 saturated carbocycles. The lowest BCUT2D eigenvalue weighted by Crippen LogP contribution is -1.95. The Balaban J connectivity index is 2.14. The standard InChI is InChI=1S/C20H21NO/c1-3-15(4-2)20-21-18(16-11-7-5-8-12-16)19(22-20)17-13-9-6-10-14-17/h5-15H,3-4H2,1-2H3. The van der Waals surface area contributed by atoms with Crippen molar-refractivity contribution < 1.29 is 4.42 Å². The summed E-state index contributed by atoms with van der Waals surface area (Å²) in [5, 5.41) is 0. The molecule has 1 aromatic heterocycles. The summed E-state index contributed by atoms with van der Waals surface area (Å²) in [5.41, 5.74) is 3.11. The summed E-state index contributed by atoms with van der Waals surface area (Å²) in [4.78, 5) is 4.83. The quantitative estimate of drug-likeness (QED) is 0.584. The van der Waals surface area contributed by atoms with Crippen molar-refractivity contribution in [2.45, 2.75) is 32.6 Å². The van der Waals surface area contributed by atoms with Crippen molar-refractivity contribution in [1.82, 2.24) is 4.98 Å². The van der Waals surface area contributed by atoms with E-state index in [0.29, 0.717) is 5.92 Å². The van der Waals surface area contributed by atoms with Gasteiger partial charge in [0.2, 0.25) is 0 Å². The Morgan fingerprint density at radius 3 is 1.91 bits per heavy atom. The summed E-state index contributed by atoms with van der Waals surface area (Å²) >= 11 is 0. The first-order chi connectivity index (χ1) is 10.8. The highest BCUT2D eigenvalue weighted by Crippen LogP contribution is 2.35. The molecule has 22 heavy (non-hydrogen) atoms. The number of hydrogen-bond donors (Lipinski definition) is 0. The minimum atomic E-state index is 0.375. The number of nitrogens with zero attached hydrogens (tertiary/aromatic N) is 1. The topological polar surface area (TPSA) is 26.0 Å². The molecule has 2 nitrogen and oxygen atoms in total. The van der Waals surface area contributed by atoms with Gasteiger partial charge in [0.25, 0.3) is 0 Å². The van der Waals surface area contributed by atoms with Crippen LogP contribution < -0.4 is 0 Å². The van der Waals surface area contributed by atoms with Gasteiger partial charge in [-0.05, 0) is 12.8 Å². The lowest BCUT2D eigenvalue weighted by molar-refractivity contribution is 0.439. The van der Waals surface area contributed by atoms with E-state index in [1.54, 1.807) is 0 Å². The van der Waals surface area contributed by atoms with Gasteiger partial charge in [0.15, 0.2) is 11.7 Å². The molecule has 112 valence electrons. The third kappa shape index (κ3) is 2.82. The molecule has 3 aromatic rings. The third-order valence-corrected chi connectivity index (χ3v) is 4.06. The van der Waals surface area contributed by atoms with Gasteiger partial charge in [0.1, 0.15) is 5.69 Å². The molecule has 0 aliphatic rings. The summed E-state index contributed by atoms with van der Waals surface area (Å²) in [6.07, 6.45) is 2.08. The molecule has 0 radical (unpaired) electrons. The number of oxazole rings is 1. The molecule has 0 aliphatic carbocycles. The maximum Gasteiger partial charge on any atom is 0.198 e. The van der Waals surface area contributed by atoms with Crippen molar-refractivity contribution in [3.05, 3.63) is 66.6 Å². The van der Waals surface area contributed by atoms with Gasteiger partial charge in [0.05, 0.1) is 0 Å². The van der Waals surface area contributed by atoms with Gasteiger partial charge in [-0.3, -0.25) is 0 Å². The number of rotatable bonds is 5. The van der Waals surface area contributed by atoms with E-state index in [1.807, 2.05) is 36.4 Å². The maximum absolute atomic E-state index is 6.19. The first-order valence-corrected chi connectivity index (χ1v) is 7.95. The van der Waals surface area contributed by atoms with Crippen molar-refractivity contribution in [3.8, 4) is 22.6 Å². The molecule has 3 rings (SSSR count). The lowest BCUT2D eigenvalue weighted by Gasteiger charge is -2.06. The summed E-state index contributed by atoms with van der Waals surface area (Å²) in [7, 11) is 0. The van der Waals surface area contributed by atoms with E-state index < -0.39 is 0 Å². The molecule has 2 heteroatoms. The molecular weight excluding hydrogens is 270 g/mol. The van der Waals surface area contributed by atoms with Crippen LogP contribution in [0.15, 0.2) is 65.1 Å². The van der Waals surface area contributed by atoms with Gasteiger partial charge in [-0.2, -0.15) is 0 Å². The second-order valence-electron chi connectivity index (χ2n) is 5.48. The van der Waals surface area contributed by atoms with Crippen molar-refractivity contribution in [2.75, 3.05) is 0 Å². The van der Waals surface area contributed by atoms with Gasteiger partial charge in [-0.15, -0.1) is 0 Å². The van der Waals surface area contributed by atoms with Crippen LogP contribution in [0.5, 0.6) is 0 Å². The molecule has 0 atom stereocenters. The second kappa shape index (κ2) is 6.61. The zero-order valence-corrected chi connectivity index (χ0v) is 13.1. The van der Waals surface area contributed by atoms with Crippen LogP contribution in [0.4, 0.5) is 0 Å². The normalized spacial score (nSPS) is 11.0. The summed E-state index contributed by atoms with van der Waals surface area (Å²) in [6.45, 7) is 4.37. The second-order valence-corrected chi connectivity index (χ2v) is 5.48. The van der Waals surface area contributed by atoms with Crippen LogP contribution in [0, 0.1) is 0 Å². The highest BCUT2D eigenvalue weighted by Gasteiger charge is 2.20. The van der Waals surface area contributed by atoms with Crippen molar-refractivity contribution in [2.24, 2.45) is 0 Å². The fraction of sp³-hybridized carbons (Fsp3) is 0.250. The van der Waals surface area contributed by atoms with Crippen LogP contribution >= 0.6 is 0 Å². The van der Waals surface area contributed by atoms with Crippen LogP contribution in [0.3, 0.4) is 0 Å². The first kappa shape index (κ1) is 14.6. The molecule has 0 saturated heterocycles. The number of benzene rings is 2. The van der Waals surface area contributed by atoms with Crippen molar-refractivity contribution in [1.29, 1.82) is 0 Å². The van der Waals surface area contributed by atoms with Gasteiger partial charge in [0, 0.05) is 17.0 Å². The predicted molar refractivity (Wildman–Crippen MR) is 90.7 cm³/mol. The van der Waals surface area contributed by atoms with Crippen molar-refractivity contribution in [3.63, 3.8) is 0 Å². The van der Waals surface area contributed by atoms with Crippen LogP contribution in [0.2, 0.25) is 0 Å². The minimum absolute atomic E-state index is 0.375. The molecule has 0 N–H and O–H groups in total. The molecule has 0 bridgehead atoms. The van der Waals surface area contributed by atoms with E-state index in [2.05, 4.69) is 38.1 Å². The summed E-state index contributed by atoms with van der Waals surface area (Å²) < 4.78 is 6.19. The predicted octanol–water partition coefficient (Wildman–Crippen LogP) is 5.91. The van der Waals surface area contributed by atoms with Gasteiger partial charge < -0.3 is 4.42 Å². The van der Waals surface area contributed by atoms with Crippen LogP contribution in [-0.2, 0) is 0 Å². The fourth-order valence-corrected chi connectivity index (χ4v) is 2.73. The molecule has 0 spiro atoms. The first-order valence-electron chi connectivity index (χ1n) is 7.95.